The van der Waals surface area contributed by atoms with Crippen molar-refractivity contribution >= 4 is 11.7 Å². The zero-order valence-corrected chi connectivity index (χ0v) is 9.85. The average Bonchev–Trinajstić information content (AvgIpc) is 2.48. The Balaban J connectivity index is 2.59. The summed E-state index contributed by atoms with van der Waals surface area (Å²) in [7, 11) is 0. The van der Waals surface area contributed by atoms with E-state index in [0.717, 1.165) is 17.8 Å². The lowest BCUT2D eigenvalue weighted by atomic mass is 9.92. The van der Waals surface area contributed by atoms with Crippen LogP contribution in [0.2, 0.25) is 0 Å². The molecule has 0 bridgehead atoms. The standard InChI is InChI=1S/C11H19N3O/c1-5-8-7-12-14-10(8)13-9(15)6-11(2,3)4/h7H,5-6H2,1-4H3,(H2,12,13,14,15). The van der Waals surface area contributed by atoms with Gasteiger partial charge >= 0.3 is 0 Å². The van der Waals surface area contributed by atoms with Crippen LogP contribution in [0, 0.1) is 5.41 Å². The molecule has 0 atom stereocenters. The average molecular weight is 209 g/mol. The number of aryl methyl sites for hydroxylation is 1. The summed E-state index contributed by atoms with van der Waals surface area (Å²) in [5, 5.41) is 9.54. The number of amides is 1. The first-order chi connectivity index (χ1) is 6.92. The zero-order chi connectivity index (χ0) is 11.5. The van der Waals surface area contributed by atoms with Crippen LogP contribution in [0.5, 0.6) is 0 Å². The molecule has 0 aromatic carbocycles. The first kappa shape index (κ1) is 11.8. The van der Waals surface area contributed by atoms with Gasteiger partial charge < -0.3 is 5.32 Å². The number of aromatic nitrogens is 2. The molecule has 0 fully saturated rings. The number of carbonyl (C=O) groups is 1. The smallest absolute Gasteiger partial charge is 0.226 e. The van der Waals surface area contributed by atoms with Gasteiger partial charge in [-0.3, -0.25) is 9.89 Å². The predicted octanol–water partition coefficient (Wildman–Crippen LogP) is 2.35. The summed E-state index contributed by atoms with van der Waals surface area (Å²) in [6, 6.07) is 0. The number of rotatable bonds is 3. The van der Waals surface area contributed by atoms with E-state index in [1.54, 1.807) is 6.20 Å². The van der Waals surface area contributed by atoms with Crippen LogP contribution in [0.3, 0.4) is 0 Å². The maximum absolute atomic E-state index is 11.6. The minimum absolute atomic E-state index is 0.0104. The summed E-state index contributed by atoms with van der Waals surface area (Å²) < 4.78 is 0. The lowest BCUT2D eigenvalue weighted by molar-refractivity contribution is -0.117. The van der Waals surface area contributed by atoms with E-state index in [2.05, 4.69) is 15.5 Å². The highest BCUT2D eigenvalue weighted by Gasteiger charge is 2.17. The Kier molecular flexibility index (Phi) is 3.50. The Morgan fingerprint density at radius 3 is 2.73 bits per heavy atom. The van der Waals surface area contributed by atoms with Gasteiger partial charge in [0.2, 0.25) is 5.91 Å². The van der Waals surface area contributed by atoms with E-state index in [9.17, 15) is 4.79 Å². The molecule has 1 amide bonds. The van der Waals surface area contributed by atoms with Gasteiger partial charge in [0, 0.05) is 12.0 Å². The normalized spacial score (nSPS) is 11.5. The fourth-order valence-corrected chi connectivity index (χ4v) is 1.35. The van der Waals surface area contributed by atoms with Crippen molar-refractivity contribution in [1.29, 1.82) is 0 Å². The van der Waals surface area contributed by atoms with Crippen molar-refractivity contribution in [2.75, 3.05) is 5.32 Å². The van der Waals surface area contributed by atoms with Crippen LogP contribution in [0.1, 0.15) is 39.7 Å². The Morgan fingerprint density at radius 2 is 2.20 bits per heavy atom. The number of nitrogens with one attached hydrogen (secondary N) is 2. The second-order valence-corrected chi connectivity index (χ2v) is 4.91. The van der Waals surface area contributed by atoms with Gasteiger partial charge in [0.25, 0.3) is 0 Å². The summed E-state index contributed by atoms with van der Waals surface area (Å²) in [6.07, 6.45) is 3.11. The number of hydrogen-bond donors (Lipinski definition) is 2. The first-order valence-corrected chi connectivity index (χ1v) is 5.24. The maximum atomic E-state index is 11.6. The third-order valence-electron chi connectivity index (χ3n) is 2.05. The molecule has 4 nitrogen and oxygen atoms in total. The Morgan fingerprint density at radius 1 is 1.53 bits per heavy atom. The summed E-state index contributed by atoms with van der Waals surface area (Å²) in [4.78, 5) is 11.6. The largest absolute Gasteiger partial charge is 0.311 e. The molecule has 15 heavy (non-hydrogen) atoms. The highest BCUT2D eigenvalue weighted by atomic mass is 16.1. The molecular weight excluding hydrogens is 190 g/mol. The SMILES string of the molecule is CCc1cn[nH]c1NC(=O)CC(C)(C)C. The van der Waals surface area contributed by atoms with Crippen molar-refractivity contribution in [2.24, 2.45) is 5.41 Å². The number of hydrogen-bond acceptors (Lipinski definition) is 2. The zero-order valence-electron chi connectivity index (χ0n) is 9.85. The van der Waals surface area contributed by atoms with Crippen molar-refractivity contribution in [2.45, 2.75) is 40.5 Å². The summed E-state index contributed by atoms with van der Waals surface area (Å²) >= 11 is 0. The first-order valence-electron chi connectivity index (χ1n) is 5.24. The van der Waals surface area contributed by atoms with Crippen LogP contribution in [0.25, 0.3) is 0 Å². The Hall–Kier alpha value is -1.32. The topological polar surface area (TPSA) is 57.8 Å². The van der Waals surface area contributed by atoms with Crippen molar-refractivity contribution in [1.82, 2.24) is 10.2 Å². The van der Waals surface area contributed by atoms with E-state index in [1.165, 1.54) is 0 Å². The van der Waals surface area contributed by atoms with E-state index in [1.807, 2.05) is 27.7 Å². The molecule has 0 aliphatic heterocycles. The van der Waals surface area contributed by atoms with Crippen LogP contribution in [0.4, 0.5) is 5.82 Å². The molecule has 1 rings (SSSR count). The van der Waals surface area contributed by atoms with E-state index in [0.29, 0.717) is 6.42 Å². The lowest BCUT2D eigenvalue weighted by Crippen LogP contribution is -2.20. The quantitative estimate of drug-likeness (QED) is 0.802. The molecule has 0 aliphatic rings. The molecule has 0 aliphatic carbocycles. The van der Waals surface area contributed by atoms with Gasteiger partial charge in [0.1, 0.15) is 5.82 Å². The number of carbonyl (C=O) groups excluding carboxylic acids is 1. The molecule has 0 spiro atoms. The van der Waals surface area contributed by atoms with E-state index in [-0.39, 0.29) is 11.3 Å². The summed E-state index contributed by atoms with van der Waals surface area (Å²) in [5.74, 6) is 0.758. The van der Waals surface area contributed by atoms with Gasteiger partial charge in [-0.1, -0.05) is 27.7 Å². The van der Waals surface area contributed by atoms with Crippen molar-refractivity contribution in [3.8, 4) is 0 Å². The lowest BCUT2D eigenvalue weighted by Gasteiger charge is -2.17. The van der Waals surface area contributed by atoms with Crippen LogP contribution in [-0.2, 0) is 11.2 Å². The Labute approximate surface area is 90.5 Å². The molecule has 1 aromatic heterocycles. The van der Waals surface area contributed by atoms with Crippen molar-refractivity contribution in [3.05, 3.63) is 11.8 Å². The second kappa shape index (κ2) is 4.47. The van der Waals surface area contributed by atoms with Crippen LogP contribution in [-0.4, -0.2) is 16.1 Å². The molecule has 4 heteroatoms. The summed E-state index contributed by atoms with van der Waals surface area (Å²) in [6.45, 7) is 8.16. The molecule has 0 unspecified atom stereocenters. The third kappa shape index (κ3) is 3.73. The number of H-pyrrole nitrogens is 1. The predicted molar refractivity (Wildman–Crippen MR) is 60.7 cm³/mol. The maximum Gasteiger partial charge on any atom is 0.226 e. The van der Waals surface area contributed by atoms with Crippen molar-refractivity contribution < 1.29 is 4.79 Å². The van der Waals surface area contributed by atoms with Gasteiger partial charge in [0.15, 0.2) is 0 Å². The minimum atomic E-state index is 0.0104. The second-order valence-electron chi connectivity index (χ2n) is 4.91. The molecule has 0 saturated carbocycles. The van der Waals surface area contributed by atoms with Crippen LogP contribution >= 0.6 is 0 Å². The molecule has 1 aromatic rings. The molecular formula is C11H19N3O. The van der Waals surface area contributed by atoms with Gasteiger partial charge in [-0.05, 0) is 11.8 Å². The van der Waals surface area contributed by atoms with Gasteiger partial charge in [-0.15, -0.1) is 0 Å². The highest BCUT2D eigenvalue weighted by molar-refractivity contribution is 5.90. The van der Waals surface area contributed by atoms with E-state index < -0.39 is 0 Å². The van der Waals surface area contributed by atoms with Gasteiger partial charge in [0.05, 0.1) is 6.20 Å². The van der Waals surface area contributed by atoms with Gasteiger partial charge in [-0.25, -0.2) is 0 Å². The fourth-order valence-electron chi connectivity index (χ4n) is 1.35. The van der Waals surface area contributed by atoms with E-state index in [4.69, 9.17) is 0 Å². The highest BCUT2D eigenvalue weighted by Crippen LogP contribution is 2.20. The van der Waals surface area contributed by atoms with Crippen molar-refractivity contribution in [3.63, 3.8) is 0 Å². The number of nitrogens with zero attached hydrogens (tertiary/aromatic N) is 1. The molecule has 0 radical (unpaired) electrons. The molecule has 84 valence electrons. The fraction of sp³-hybridized carbons (Fsp3) is 0.636. The minimum Gasteiger partial charge on any atom is -0.311 e. The van der Waals surface area contributed by atoms with E-state index >= 15 is 0 Å². The monoisotopic (exact) mass is 209 g/mol. The molecule has 0 saturated heterocycles. The van der Waals surface area contributed by atoms with Gasteiger partial charge in [-0.2, -0.15) is 5.10 Å². The summed E-state index contributed by atoms with van der Waals surface area (Å²) in [5.41, 5.74) is 1.05. The number of aromatic amines is 1. The van der Waals surface area contributed by atoms with Crippen LogP contribution < -0.4 is 5.32 Å². The third-order valence-corrected chi connectivity index (χ3v) is 2.05. The Bertz CT molecular complexity index is 336. The number of anilines is 1. The van der Waals surface area contributed by atoms with Crippen LogP contribution in [0.15, 0.2) is 6.20 Å². The molecule has 1 heterocycles. The molecule has 2 N–H and O–H groups in total.